The van der Waals surface area contributed by atoms with E-state index in [9.17, 15) is 14.8 Å². The zero-order valence-corrected chi connectivity index (χ0v) is 16.7. The molecule has 0 radical (unpaired) electrons. The second-order valence-electron chi connectivity index (χ2n) is 7.00. The number of fused-ring (bicyclic) bond motifs is 1. The number of nitrogen functional groups attached to an aromatic ring is 1. The average Bonchev–Trinajstić information content (AvgIpc) is 2.78. The standard InChI is InChI=1S/C23H19FN6O/c1-13(29-23-17(10-25)22(26)27-12-28-23)21-20(14-5-3-2-4-6-14)18(11-31)16-9-15(24)7-8-19(16)30-21/h2-9,12-13,31H,11H2,1H3,(H3,26,27,28,29). The predicted molar refractivity (Wildman–Crippen MR) is 116 cm³/mol. The van der Waals surface area contributed by atoms with Crippen molar-refractivity contribution >= 4 is 22.5 Å². The molecule has 0 aliphatic carbocycles. The molecular weight excluding hydrogens is 395 g/mol. The quantitative estimate of drug-likeness (QED) is 0.452. The van der Waals surface area contributed by atoms with Gasteiger partial charge in [0.25, 0.3) is 0 Å². The summed E-state index contributed by atoms with van der Waals surface area (Å²) in [6.07, 6.45) is 1.28. The van der Waals surface area contributed by atoms with Gasteiger partial charge >= 0.3 is 0 Å². The molecule has 154 valence electrons. The molecule has 4 aromatic rings. The third kappa shape index (κ3) is 3.74. The summed E-state index contributed by atoms with van der Waals surface area (Å²) in [5.74, 6) is -0.0430. The lowest BCUT2D eigenvalue weighted by Crippen LogP contribution is -2.15. The van der Waals surface area contributed by atoms with Gasteiger partial charge in [0.1, 0.15) is 35.4 Å². The van der Waals surface area contributed by atoms with E-state index in [1.807, 2.05) is 43.3 Å². The Bertz CT molecular complexity index is 1300. The van der Waals surface area contributed by atoms with Gasteiger partial charge < -0.3 is 16.2 Å². The minimum absolute atomic E-state index is 0.0773. The first-order valence-corrected chi connectivity index (χ1v) is 9.59. The van der Waals surface area contributed by atoms with E-state index in [1.54, 1.807) is 6.07 Å². The Morgan fingerprint density at radius 3 is 2.68 bits per heavy atom. The van der Waals surface area contributed by atoms with Crippen molar-refractivity contribution in [2.45, 2.75) is 19.6 Å². The molecule has 4 N–H and O–H groups in total. The minimum Gasteiger partial charge on any atom is -0.392 e. The Hall–Kier alpha value is -4.09. The zero-order valence-electron chi connectivity index (χ0n) is 16.7. The highest BCUT2D eigenvalue weighted by Gasteiger charge is 2.22. The first kappa shape index (κ1) is 20.2. The summed E-state index contributed by atoms with van der Waals surface area (Å²) < 4.78 is 14.0. The van der Waals surface area contributed by atoms with Gasteiger partial charge in [0.15, 0.2) is 0 Å². The van der Waals surface area contributed by atoms with Crippen molar-refractivity contribution in [3.8, 4) is 17.2 Å². The van der Waals surface area contributed by atoms with Crippen LogP contribution in [0, 0.1) is 17.1 Å². The lowest BCUT2D eigenvalue weighted by atomic mass is 9.92. The first-order valence-electron chi connectivity index (χ1n) is 9.59. The lowest BCUT2D eigenvalue weighted by Gasteiger charge is -2.22. The van der Waals surface area contributed by atoms with E-state index in [-0.39, 0.29) is 23.8 Å². The van der Waals surface area contributed by atoms with Crippen LogP contribution in [0.2, 0.25) is 0 Å². The Morgan fingerprint density at radius 1 is 1.19 bits per heavy atom. The number of nitriles is 1. The number of nitrogens with one attached hydrogen (secondary N) is 1. The highest BCUT2D eigenvalue weighted by molar-refractivity contribution is 5.90. The summed E-state index contributed by atoms with van der Waals surface area (Å²) in [5.41, 5.74) is 9.21. The maximum atomic E-state index is 14.0. The molecule has 2 heterocycles. The summed E-state index contributed by atoms with van der Waals surface area (Å²) in [6.45, 7) is 1.57. The summed E-state index contributed by atoms with van der Waals surface area (Å²) >= 11 is 0. The number of rotatable bonds is 5. The molecule has 0 aliphatic rings. The molecule has 4 rings (SSSR count). The third-order valence-corrected chi connectivity index (χ3v) is 5.05. The molecule has 2 aromatic carbocycles. The number of aromatic nitrogens is 3. The van der Waals surface area contributed by atoms with Gasteiger partial charge in [0.2, 0.25) is 0 Å². The molecular formula is C23H19FN6O. The molecule has 8 heteroatoms. The van der Waals surface area contributed by atoms with Crippen molar-refractivity contribution in [2.75, 3.05) is 11.1 Å². The number of benzene rings is 2. The second-order valence-corrected chi connectivity index (χ2v) is 7.00. The number of nitrogens with zero attached hydrogens (tertiary/aromatic N) is 4. The lowest BCUT2D eigenvalue weighted by molar-refractivity contribution is 0.283. The fraction of sp³-hybridized carbons (Fsp3) is 0.130. The van der Waals surface area contributed by atoms with Crippen LogP contribution < -0.4 is 11.1 Å². The zero-order chi connectivity index (χ0) is 22.0. The van der Waals surface area contributed by atoms with Crippen LogP contribution in [-0.4, -0.2) is 20.1 Å². The Morgan fingerprint density at radius 2 is 1.97 bits per heavy atom. The van der Waals surface area contributed by atoms with Crippen molar-refractivity contribution in [1.82, 2.24) is 15.0 Å². The second kappa shape index (κ2) is 8.34. The normalized spacial score (nSPS) is 11.8. The van der Waals surface area contributed by atoms with E-state index >= 15 is 0 Å². The number of aliphatic hydroxyl groups is 1. The van der Waals surface area contributed by atoms with Crippen molar-refractivity contribution in [3.63, 3.8) is 0 Å². The third-order valence-electron chi connectivity index (χ3n) is 5.05. The van der Waals surface area contributed by atoms with Crippen LogP contribution in [0.1, 0.15) is 29.8 Å². The van der Waals surface area contributed by atoms with E-state index in [0.29, 0.717) is 27.7 Å². The van der Waals surface area contributed by atoms with Gasteiger partial charge in [0.05, 0.1) is 23.9 Å². The molecule has 0 spiro atoms. The molecule has 1 unspecified atom stereocenters. The number of anilines is 2. The Labute approximate surface area is 178 Å². The van der Waals surface area contributed by atoms with Gasteiger partial charge in [-0.1, -0.05) is 30.3 Å². The molecule has 0 saturated heterocycles. The largest absolute Gasteiger partial charge is 0.392 e. The molecule has 0 aliphatic heterocycles. The van der Waals surface area contributed by atoms with E-state index in [4.69, 9.17) is 10.7 Å². The van der Waals surface area contributed by atoms with E-state index in [0.717, 1.165) is 5.56 Å². The van der Waals surface area contributed by atoms with Crippen LogP contribution in [0.5, 0.6) is 0 Å². The highest BCUT2D eigenvalue weighted by atomic mass is 19.1. The smallest absolute Gasteiger partial charge is 0.150 e. The van der Waals surface area contributed by atoms with Crippen molar-refractivity contribution < 1.29 is 9.50 Å². The van der Waals surface area contributed by atoms with E-state index in [1.165, 1.54) is 18.5 Å². The maximum Gasteiger partial charge on any atom is 0.150 e. The number of hydrogen-bond donors (Lipinski definition) is 3. The van der Waals surface area contributed by atoms with Crippen LogP contribution >= 0.6 is 0 Å². The molecule has 1 atom stereocenters. The molecule has 7 nitrogen and oxygen atoms in total. The van der Waals surface area contributed by atoms with Crippen LogP contribution in [0.15, 0.2) is 54.9 Å². The van der Waals surface area contributed by atoms with Crippen molar-refractivity contribution in [3.05, 3.63) is 77.5 Å². The maximum absolute atomic E-state index is 14.0. The topological polar surface area (TPSA) is 121 Å². The fourth-order valence-corrected chi connectivity index (χ4v) is 3.62. The monoisotopic (exact) mass is 414 g/mol. The average molecular weight is 414 g/mol. The number of nitrogens with two attached hydrogens (primary N) is 1. The molecule has 0 amide bonds. The predicted octanol–water partition coefficient (Wildman–Crippen LogP) is 3.95. The SMILES string of the molecule is CC(Nc1ncnc(N)c1C#N)c1nc2ccc(F)cc2c(CO)c1-c1ccccc1. The highest BCUT2D eigenvalue weighted by Crippen LogP contribution is 2.36. The summed E-state index contributed by atoms with van der Waals surface area (Å²) in [4.78, 5) is 12.8. The van der Waals surface area contributed by atoms with Crippen molar-refractivity contribution in [2.24, 2.45) is 0 Å². The van der Waals surface area contributed by atoms with Crippen LogP contribution in [0.3, 0.4) is 0 Å². The molecule has 0 fully saturated rings. The van der Waals surface area contributed by atoms with Gasteiger partial charge in [-0.2, -0.15) is 5.26 Å². The Kier molecular flexibility index (Phi) is 5.43. The fourth-order valence-electron chi connectivity index (χ4n) is 3.62. The van der Waals surface area contributed by atoms with E-state index in [2.05, 4.69) is 15.3 Å². The first-order chi connectivity index (χ1) is 15.0. The van der Waals surface area contributed by atoms with E-state index < -0.39 is 11.9 Å². The van der Waals surface area contributed by atoms with Crippen molar-refractivity contribution in [1.29, 1.82) is 5.26 Å². The van der Waals surface area contributed by atoms with Gasteiger partial charge in [-0.15, -0.1) is 0 Å². The number of pyridine rings is 1. The Balaban J connectivity index is 1.94. The van der Waals surface area contributed by atoms with Gasteiger partial charge in [-0.05, 0) is 36.2 Å². The van der Waals surface area contributed by atoms with Crippen LogP contribution in [0.4, 0.5) is 16.0 Å². The minimum atomic E-state index is -0.420. The number of aliphatic hydroxyl groups excluding tert-OH is 1. The summed E-state index contributed by atoms with van der Waals surface area (Å²) in [5, 5.41) is 23.4. The molecule has 0 bridgehead atoms. The molecule has 31 heavy (non-hydrogen) atoms. The summed E-state index contributed by atoms with van der Waals surface area (Å²) in [6, 6.07) is 15.3. The van der Waals surface area contributed by atoms with Gasteiger partial charge in [-0.3, -0.25) is 0 Å². The van der Waals surface area contributed by atoms with Crippen LogP contribution in [-0.2, 0) is 6.61 Å². The number of hydrogen-bond acceptors (Lipinski definition) is 7. The van der Waals surface area contributed by atoms with Gasteiger partial charge in [-0.25, -0.2) is 19.3 Å². The summed E-state index contributed by atoms with van der Waals surface area (Å²) in [7, 11) is 0. The van der Waals surface area contributed by atoms with Crippen LogP contribution in [0.25, 0.3) is 22.0 Å². The molecule has 0 saturated carbocycles. The number of halogens is 1. The van der Waals surface area contributed by atoms with Gasteiger partial charge in [0, 0.05) is 10.9 Å². The molecule has 2 aromatic heterocycles.